The first-order valence-electron chi connectivity index (χ1n) is 8.99. The zero-order chi connectivity index (χ0) is 22.9. The van der Waals surface area contributed by atoms with E-state index in [1.807, 2.05) is 22.6 Å². The van der Waals surface area contributed by atoms with Crippen LogP contribution in [-0.4, -0.2) is 23.7 Å². The number of hydrogen-bond acceptors (Lipinski definition) is 6. The summed E-state index contributed by atoms with van der Waals surface area (Å²) >= 11 is 15.5. The zero-order valence-corrected chi connectivity index (χ0v) is 21.3. The number of aromatic nitrogens is 2. The monoisotopic (exact) mass is 618 g/mol. The minimum atomic E-state index is -4.08. The van der Waals surface area contributed by atoms with E-state index in [0.29, 0.717) is 25.7 Å². The highest BCUT2D eigenvalue weighted by atomic mass is 127. The maximum atomic E-state index is 13.1. The van der Waals surface area contributed by atoms with Gasteiger partial charge in [0.25, 0.3) is 15.9 Å². The second-order valence-electron chi connectivity index (χ2n) is 6.53. The Kier molecular flexibility index (Phi) is 6.86. The van der Waals surface area contributed by atoms with E-state index in [4.69, 9.17) is 23.2 Å². The van der Waals surface area contributed by atoms with Gasteiger partial charge in [-0.15, -0.1) is 0 Å². The van der Waals surface area contributed by atoms with Crippen molar-refractivity contribution in [2.75, 3.05) is 4.72 Å². The van der Waals surface area contributed by atoms with Gasteiger partial charge in [0.1, 0.15) is 0 Å². The number of amides is 1. The second-order valence-corrected chi connectivity index (χ2v) is 11.0. The molecule has 0 spiro atoms. The minimum absolute atomic E-state index is 0.0803. The van der Waals surface area contributed by atoms with Crippen molar-refractivity contribution < 1.29 is 13.2 Å². The van der Waals surface area contributed by atoms with Gasteiger partial charge in [-0.1, -0.05) is 29.3 Å². The fourth-order valence-electron chi connectivity index (χ4n) is 2.94. The predicted molar refractivity (Wildman–Crippen MR) is 135 cm³/mol. The van der Waals surface area contributed by atoms with Crippen molar-refractivity contribution in [1.82, 2.24) is 14.7 Å². The standard InChI is InChI=1S/C20H13Cl2IN4O3S2/c21-15-2-1-3-16(22)13(15)9-25-19(28)12-5-4-11(23)8-17(12)27-32(29,30)20-14-10-26-31-18(14)6-7-24-20/h1-8,10,27H,9H2,(H,25,28). The van der Waals surface area contributed by atoms with Crippen molar-refractivity contribution in [1.29, 1.82) is 0 Å². The number of hydrogen-bond donors (Lipinski definition) is 2. The number of nitrogens with zero attached hydrogens (tertiary/aromatic N) is 2. The summed E-state index contributed by atoms with van der Waals surface area (Å²) < 4.78 is 34.2. The van der Waals surface area contributed by atoms with E-state index in [1.165, 1.54) is 23.9 Å². The second kappa shape index (κ2) is 9.48. The van der Waals surface area contributed by atoms with Gasteiger partial charge in [-0.05, 0) is 70.5 Å². The molecule has 2 aromatic carbocycles. The van der Waals surface area contributed by atoms with Crippen molar-refractivity contribution >= 4 is 89.0 Å². The topological polar surface area (TPSA) is 101 Å². The summed E-state index contributed by atoms with van der Waals surface area (Å²) in [6, 6.07) is 11.6. The van der Waals surface area contributed by atoms with Crippen LogP contribution in [0.25, 0.3) is 10.1 Å². The fraction of sp³-hybridized carbons (Fsp3) is 0.0500. The van der Waals surface area contributed by atoms with E-state index in [-0.39, 0.29) is 22.8 Å². The van der Waals surface area contributed by atoms with E-state index in [0.717, 1.165) is 3.57 Å². The lowest BCUT2D eigenvalue weighted by atomic mass is 10.1. The number of carbonyl (C=O) groups excluding carboxylic acids is 1. The molecular weight excluding hydrogens is 606 g/mol. The molecule has 164 valence electrons. The molecule has 7 nitrogen and oxygen atoms in total. The van der Waals surface area contributed by atoms with Gasteiger partial charge < -0.3 is 5.32 Å². The van der Waals surface area contributed by atoms with Gasteiger partial charge in [-0.25, -0.2) is 4.98 Å². The third-order valence-corrected chi connectivity index (χ3v) is 7.92. The molecule has 2 heterocycles. The number of halogens is 3. The molecule has 4 aromatic rings. The van der Waals surface area contributed by atoms with Crippen LogP contribution in [0.4, 0.5) is 5.69 Å². The van der Waals surface area contributed by atoms with Crippen LogP contribution in [-0.2, 0) is 16.6 Å². The molecule has 0 radical (unpaired) electrons. The number of rotatable bonds is 6. The Bertz CT molecular complexity index is 1420. The first kappa shape index (κ1) is 23.2. The van der Waals surface area contributed by atoms with Crippen LogP contribution < -0.4 is 10.0 Å². The third-order valence-electron chi connectivity index (χ3n) is 4.46. The number of pyridine rings is 1. The lowest BCUT2D eigenvalue weighted by Crippen LogP contribution is -2.25. The largest absolute Gasteiger partial charge is 0.348 e. The van der Waals surface area contributed by atoms with Gasteiger partial charge in [-0.2, -0.15) is 12.8 Å². The molecule has 0 unspecified atom stereocenters. The summed E-state index contributed by atoms with van der Waals surface area (Å²) in [5.41, 5.74) is 0.840. The number of anilines is 1. The SMILES string of the molecule is O=C(NCc1c(Cl)cccc1Cl)c1ccc(I)cc1NS(=O)(=O)c1nccc2sncc12. The maximum absolute atomic E-state index is 13.1. The highest BCUT2D eigenvalue weighted by molar-refractivity contribution is 14.1. The van der Waals surface area contributed by atoms with E-state index in [1.54, 1.807) is 42.5 Å². The molecule has 32 heavy (non-hydrogen) atoms. The summed E-state index contributed by atoms with van der Waals surface area (Å²) in [5, 5.41) is 3.84. The Morgan fingerprint density at radius 2 is 1.88 bits per heavy atom. The van der Waals surface area contributed by atoms with Crippen molar-refractivity contribution in [3.05, 3.63) is 79.6 Å². The number of sulfonamides is 1. The van der Waals surface area contributed by atoms with Crippen LogP contribution in [0.15, 0.2) is 59.9 Å². The lowest BCUT2D eigenvalue weighted by molar-refractivity contribution is 0.0952. The molecule has 0 aliphatic heterocycles. The Hall–Kier alpha value is -1.99. The lowest BCUT2D eigenvalue weighted by Gasteiger charge is -2.14. The predicted octanol–water partition coefficient (Wildman–Crippen LogP) is 5.33. The van der Waals surface area contributed by atoms with Crippen molar-refractivity contribution in [3.8, 4) is 0 Å². The normalized spacial score (nSPS) is 11.5. The summed E-state index contributed by atoms with van der Waals surface area (Å²) in [6.45, 7) is 0.0803. The average Bonchev–Trinajstić information content (AvgIpc) is 3.22. The van der Waals surface area contributed by atoms with Gasteiger partial charge >= 0.3 is 0 Å². The van der Waals surface area contributed by atoms with Gasteiger partial charge in [0.2, 0.25) is 0 Å². The molecule has 4 rings (SSSR count). The fourth-order valence-corrected chi connectivity index (χ4v) is 5.88. The molecule has 0 aliphatic carbocycles. The maximum Gasteiger partial charge on any atom is 0.280 e. The first-order chi connectivity index (χ1) is 15.3. The highest BCUT2D eigenvalue weighted by Crippen LogP contribution is 2.28. The van der Waals surface area contributed by atoms with E-state index < -0.39 is 15.9 Å². The summed E-state index contributed by atoms with van der Waals surface area (Å²) in [6.07, 6.45) is 2.86. The van der Waals surface area contributed by atoms with Gasteiger partial charge in [0.05, 0.1) is 27.5 Å². The van der Waals surface area contributed by atoms with Crippen LogP contribution in [0.2, 0.25) is 10.0 Å². The summed E-state index contributed by atoms with van der Waals surface area (Å²) in [5.74, 6) is -0.488. The van der Waals surface area contributed by atoms with Gasteiger partial charge in [0.15, 0.2) is 5.03 Å². The van der Waals surface area contributed by atoms with Crippen LogP contribution in [0.5, 0.6) is 0 Å². The molecule has 0 bridgehead atoms. The number of benzene rings is 2. The number of nitrogens with one attached hydrogen (secondary N) is 2. The van der Waals surface area contributed by atoms with Crippen molar-refractivity contribution in [3.63, 3.8) is 0 Å². The molecule has 1 amide bonds. The molecule has 0 saturated carbocycles. The molecule has 12 heteroatoms. The van der Waals surface area contributed by atoms with Crippen LogP contribution in [0.3, 0.4) is 0 Å². The Morgan fingerprint density at radius 1 is 1.12 bits per heavy atom. The van der Waals surface area contributed by atoms with E-state index in [2.05, 4.69) is 19.4 Å². The van der Waals surface area contributed by atoms with Crippen LogP contribution >= 0.6 is 57.3 Å². The van der Waals surface area contributed by atoms with E-state index >= 15 is 0 Å². The quantitative estimate of drug-likeness (QED) is 0.284. The molecule has 0 atom stereocenters. The Morgan fingerprint density at radius 3 is 2.62 bits per heavy atom. The molecular formula is C20H13Cl2IN4O3S2. The molecule has 2 N–H and O–H groups in total. The molecule has 0 aliphatic rings. The summed E-state index contributed by atoms with van der Waals surface area (Å²) in [4.78, 5) is 16.9. The smallest absolute Gasteiger partial charge is 0.280 e. The number of fused-ring (bicyclic) bond motifs is 1. The molecule has 2 aromatic heterocycles. The van der Waals surface area contributed by atoms with Crippen LogP contribution in [0, 0.1) is 3.57 Å². The van der Waals surface area contributed by atoms with Crippen molar-refractivity contribution in [2.24, 2.45) is 0 Å². The summed E-state index contributed by atoms with van der Waals surface area (Å²) in [7, 11) is -4.08. The Balaban J connectivity index is 1.64. The Labute approximate surface area is 211 Å². The highest BCUT2D eigenvalue weighted by Gasteiger charge is 2.23. The van der Waals surface area contributed by atoms with Crippen LogP contribution in [0.1, 0.15) is 15.9 Å². The van der Waals surface area contributed by atoms with Gasteiger partial charge in [0, 0.05) is 31.9 Å². The van der Waals surface area contributed by atoms with Crippen molar-refractivity contribution in [2.45, 2.75) is 11.6 Å². The minimum Gasteiger partial charge on any atom is -0.348 e. The van der Waals surface area contributed by atoms with E-state index in [9.17, 15) is 13.2 Å². The zero-order valence-electron chi connectivity index (χ0n) is 16.0. The molecule has 0 fully saturated rings. The first-order valence-corrected chi connectivity index (χ1v) is 13.1. The van der Waals surface area contributed by atoms with Gasteiger partial charge in [-0.3, -0.25) is 9.52 Å². The third kappa shape index (κ3) is 4.84. The number of carbonyl (C=O) groups is 1. The average molecular weight is 619 g/mol. The molecule has 0 saturated heterocycles.